The smallest absolute Gasteiger partial charge is 0.341 e. The maximum Gasteiger partial charge on any atom is 0.341 e. The first-order valence-corrected chi connectivity index (χ1v) is 7.69. The molecule has 0 bridgehead atoms. The summed E-state index contributed by atoms with van der Waals surface area (Å²) in [6.07, 6.45) is 1.31. The van der Waals surface area contributed by atoms with E-state index in [0.29, 0.717) is 18.6 Å². The molecule has 0 amide bonds. The highest BCUT2D eigenvalue weighted by molar-refractivity contribution is 8.13. The molecule has 106 valence electrons. The van der Waals surface area contributed by atoms with Crippen LogP contribution in [0.15, 0.2) is 17.0 Å². The fourth-order valence-electron chi connectivity index (χ4n) is 1.28. The lowest BCUT2D eigenvalue weighted by Gasteiger charge is -2.07. The average molecular weight is 313 g/mol. The van der Waals surface area contributed by atoms with Gasteiger partial charge in [0.25, 0.3) is 9.05 Å². The predicted octanol–water partition coefficient (Wildman–Crippen LogP) is 2.85. The number of rotatable bonds is 5. The van der Waals surface area contributed by atoms with Crippen molar-refractivity contribution in [1.29, 1.82) is 0 Å². The highest BCUT2D eigenvalue weighted by Gasteiger charge is 2.25. The van der Waals surface area contributed by atoms with Crippen molar-refractivity contribution in [1.82, 2.24) is 0 Å². The van der Waals surface area contributed by atoms with Crippen LogP contribution in [0, 0.1) is 11.6 Å². The van der Waals surface area contributed by atoms with E-state index in [4.69, 9.17) is 10.7 Å². The van der Waals surface area contributed by atoms with Gasteiger partial charge in [-0.3, -0.25) is 0 Å². The summed E-state index contributed by atoms with van der Waals surface area (Å²) in [5.74, 6) is -3.65. The van der Waals surface area contributed by atoms with Crippen molar-refractivity contribution in [3.05, 3.63) is 29.3 Å². The fourth-order valence-corrected chi connectivity index (χ4v) is 2.19. The zero-order valence-corrected chi connectivity index (χ0v) is 11.5. The van der Waals surface area contributed by atoms with Crippen LogP contribution in [-0.4, -0.2) is 21.0 Å². The lowest BCUT2D eigenvalue weighted by Crippen LogP contribution is -2.11. The molecule has 1 rings (SSSR count). The minimum Gasteiger partial charge on any atom is -0.462 e. The van der Waals surface area contributed by atoms with E-state index < -0.39 is 37.1 Å². The second-order valence-electron chi connectivity index (χ2n) is 3.69. The maximum atomic E-state index is 13.8. The molecule has 0 heterocycles. The fraction of sp³-hybridized carbons (Fsp3) is 0.364. The summed E-state index contributed by atoms with van der Waals surface area (Å²) in [4.78, 5) is 10.4. The number of halogens is 3. The SMILES string of the molecule is CCCCOC(=O)c1cc(F)cc(S(=O)(=O)Cl)c1F. The van der Waals surface area contributed by atoms with Crippen molar-refractivity contribution in [3.8, 4) is 0 Å². The highest BCUT2D eigenvalue weighted by Crippen LogP contribution is 2.24. The van der Waals surface area contributed by atoms with Crippen LogP contribution in [0.3, 0.4) is 0 Å². The molecule has 0 spiro atoms. The highest BCUT2D eigenvalue weighted by atomic mass is 35.7. The Labute approximate surface area is 113 Å². The molecule has 0 saturated heterocycles. The Balaban J connectivity index is 3.15. The first kappa shape index (κ1) is 15.8. The summed E-state index contributed by atoms with van der Waals surface area (Å²) in [5, 5.41) is 0. The summed E-state index contributed by atoms with van der Waals surface area (Å²) in [6.45, 7) is 1.89. The van der Waals surface area contributed by atoms with Crippen molar-refractivity contribution < 1.29 is 26.7 Å². The number of esters is 1. The molecule has 0 N–H and O–H groups in total. The number of hydrogen-bond donors (Lipinski definition) is 0. The molecule has 19 heavy (non-hydrogen) atoms. The first-order valence-electron chi connectivity index (χ1n) is 5.38. The molecule has 0 radical (unpaired) electrons. The van der Waals surface area contributed by atoms with Gasteiger partial charge in [-0.1, -0.05) is 13.3 Å². The van der Waals surface area contributed by atoms with Crippen LogP contribution in [0.5, 0.6) is 0 Å². The predicted molar refractivity (Wildman–Crippen MR) is 64.6 cm³/mol. The number of carbonyl (C=O) groups excluding carboxylic acids is 1. The van der Waals surface area contributed by atoms with E-state index >= 15 is 0 Å². The molecule has 0 aliphatic heterocycles. The van der Waals surface area contributed by atoms with E-state index in [1.807, 2.05) is 6.92 Å². The molecule has 1 aromatic rings. The van der Waals surface area contributed by atoms with Crippen LogP contribution in [0.1, 0.15) is 30.1 Å². The van der Waals surface area contributed by atoms with Gasteiger partial charge in [0.1, 0.15) is 10.7 Å². The molecule has 8 heteroatoms. The van der Waals surface area contributed by atoms with Crippen LogP contribution < -0.4 is 0 Å². The monoisotopic (exact) mass is 312 g/mol. The summed E-state index contributed by atoms with van der Waals surface area (Å²) < 4.78 is 53.8. The average Bonchev–Trinajstić information content (AvgIpc) is 2.30. The topological polar surface area (TPSA) is 60.4 Å². The molecule has 0 saturated carbocycles. The summed E-state index contributed by atoms with van der Waals surface area (Å²) in [5.41, 5.74) is -0.796. The molecule has 0 unspecified atom stereocenters. The van der Waals surface area contributed by atoms with Gasteiger partial charge in [0, 0.05) is 10.7 Å². The quantitative estimate of drug-likeness (QED) is 0.476. The van der Waals surface area contributed by atoms with E-state index in [1.54, 1.807) is 0 Å². The van der Waals surface area contributed by atoms with E-state index in [2.05, 4.69) is 4.74 Å². The van der Waals surface area contributed by atoms with Crippen LogP contribution in [0.4, 0.5) is 8.78 Å². The lowest BCUT2D eigenvalue weighted by molar-refractivity contribution is 0.0493. The third kappa shape index (κ3) is 4.14. The van der Waals surface area contributed by atoms with Crippen molar-refractivity contribution >= 4 is 25.7 Å². The minimum atomic E-state index is -4.49. The Bertz CT molecular complexity index is 587. The lowest BCUT2D eigenvalue weighted by atomic mass is 10.2. The van der Waals surface area contributed by atoms with Crippen LogP contribution in [-0.2, 0) is 13.8 Å². The normalized spacial score (nSPS) is 11.4. The third-order valence-corrected chi connectivity index (χ3v) is 3.54. The molecule has 0 atom stereocenters. The molecule has 0 fully saturated rings. The molecule has 0 aliphatic rings. The summed E-state index contributed by atoms with van der Waals surface area (Å²) >= 11 is 0. The summed E-state index contributed by atoms with van der Waals surface area (Å²) in [7, 11) is 0.465. The van der Waals surface area contributed by atoms with E-state index in [0.717, 1.165) is 6.42 Å². The minimum absolute atomic E-state index is 0.0360. The van der Waals surface area contributed by atoms with Gasteiger partial charge in [-0.05, 0) is 18.6 Å². The number of unbranched alkanes of at least 4 members (excludes halogenated alkanes) is 1. The maximum absolute atomic E-state index is 13.8. The molecule has 0 aliphatic carbocycles. The van der Waals surface area contributed by atoms with Crippen molar-refractivity contribution in [3.63, 3.8) is 0 Å². The Morgan fingerprint density at radius 3 is 2.53 bits per heavy atom. The Morgan fingerprint density at radius 1 is 1.37 bits per heavy atom. The zero-order chi connectivity index (χ0) is 14.6. The zero-order valence-electron chi connectivity index (χ0n) is 9.95. The van der Waals surface area contributed by atoms with E-state index in [9.17, 15) is 22.0 Å². The van der Waals surface area contributed by atoms with Gasteiger partial charge in [0.15, 0.2) is 5.82 Å². The molecular formula is C11H11ClF2O4S. The number of carbonyl (C=O) groups is 1. The first-order chi connectivity index (χ1) is 8.77. The van der Waals surface area contributed by atoms with Gasteiger partial charge in [0.05, 0.1) is 12.2 Å². The van der Waals surface area contributed by atoms with Crippen molar-refractivity contribution in [2.75, 3.05) is 6.61 Å². The van der Waals surface area contributed by atoms with Crippen LogP contribution in [0.25, 0.3) is 0 Å². The van der Waals surface area contributed by atoms with E-state index in [-0.39, 0.29) is 6.61 Å². The standard InChI is InChI=1S/C11H11ClF2O4S/c1-2-3-4-18-11(15)8-5-7(13)6-9(10(8)14)19(12,16)17/h5-6H,2-4H2,1H3. The van der Waals surface area contributed by atoms with Gasteiger partial charge in [-0.25, -0.2) is 22.0 Å². The largest absolute Gasteiger partial charge is 0.462 e. The van der Waals surface area contributed by atoms with Gasteiger partial charge in [-0.2, -0.15) is 0 Å². The number of ether oxygens (including phenoxy) is 1. The van der Waals surface area contributed by atoms with Crippen LogP contribution in [0.2, 0.25) is 0 Å². The second-order valence-corrected chi connectivity index (χ2v) is 6.23. The van der Waals surface area contributed by atoms with Gasteiger partial charge in [0.2, 0.25) is 0 Å². The van der Waals surface area contributed by atoms with Crippen molar-refractivity contribution in [2.45, 2.75) is 24.7 Å². The van der Waals surface area contributed by atoms with Gasteiger partial charge in [-0.15, -0.1) is 0 Å². The second kappa shape index (κ2) is 6.29. The number of hydrogen-bond acceptors (Lipinski definition) is 4. The van der Waals surface area contributed by atoms with Crippen molar-refractivity contribution in [2.24, 2.45) is 0 Å². The number of benzene rings is 1. The Hall–Kier alpha value is -1.21. The Kier molecular flexibility index (Phi) is 5.25. The molecule has 0 aromatic heterocycles. The molecular weight excluding hydrogens is 302 g/mol. The third-order valence-electron chi connectivity index (χ3n) is 2.22. The Morgan fingerprint density at radius 2 is 2.00 bits per heavy atom. The van der Waals surface area contributed by atoms with Gasteiger partial charge < -0.3 is 4.74 Å². The van der Waals surface area contributed by atoms with Crippen LogP contribution >= 0.6 is 10.7 Å². The molecule has 4 nitrogen and oxygen atoms in total. The van der Waals surface area contributed by atoms with E-state index in [1.165, 1.54) is 0 Å². The van der Waals surface area contributed by atoms with Gasteiger partial charge >= 0.3 is 5.97 Å². The molecule has 1 aromatic carbocycles. The summed E-state index contributed by atoms with van der Waals surface area (Å²) in [6, 6.07) is 0.968.